The molecule has 2 N–H and O–H groups in total. The van der Waals surface area contributed by atoms with E-state index in [1.807, 2.05) is 6.92 Å². The lowest BCUT2D eigenvalue weighted by atomic mass is 9.91. The Labute approximate surface area is 204 Å². The standard InChI is InChI=1S/C25H28F2N4O3S/c1-6-7-8-16(2)34-22-14-29-21(13-30-22)20(27)12-17-9-10-19(26)18(11-17)25(5)15-35(32,33)24(3,4)23(28)31-25/h9-14,16H,6,15H2,1-5H3,(H2,28,31)/b20-12-/t16-,25-/m0/s1. The fourth-order valence-corrected chi connectivity index (χ4v) is 5.19. The number of rotatable bonds is 5. The van der Waals surface area contributed by atoms with E-state index in [-0.39, 0.29) is 29.1 Å². The molecule has 186 valence electrons. The molecule has 2 atom stereocenters. The van der Waals surface area contributed by atoms with Crippen LogP contribution in [-0.2, 0) is 15.4 Å². The minimum Gasteiger partial charge on any atom is -0.460 e. The molecule has 2 aromatic rings. The van der Waals surface area contributed by atoms with Gasteiger partial charge in [0.05, 0.1) is 18.1 Å². The normalized spacial score (nSPS) is 21.9. The van der Waals surface area contributed by atoms with Gasteiger partial charge in [-0.15, -0.1) is 0 Å². The molecule has 0 aliphatic carbocycles. The van der Waals surface area contributed by atoms with Gasteiger partial charge in [-0.3, -0.25) is 4.99 Å². The number of amidine groups is 1. The maximum Gasteiger partial charge on any atom is 0.233 e. The molecule has 0 fully saturated rings. The van der Waals surface area contributed by atoms with Gasteiger partial charge in [0.1, 0.15) is 27.6 Å². The maximum absolute atomic E-state index is 14.9. The van der Waals surface area contributed by atoms with Crippen LogP contribution in [0.25, 0.3) is 11.9 Å². The van der Waals surface area contributed by atoms with Gasteiger partial charge < -0.3 is 10.5 Å². The third kappa shape index (κ3) is 5.51. The van der Waals surface area contributed by atoms with Crippen molar-refractivity contribution in [3.05, 3.63) is 53.2 Å². The number of nitrogens with two attached hydrogens (primary N) is 1. The number of halogens is 2. The second-order valence-corrected chi connectivity index (χ2v) is 11.5. The number of ether oxygens (including phenoxy) is 1. The average molecular weight is 503 g/mol. The molecule has 0 saturated heterocycles. The number of hydrogen-bond donors (Lipinski definition) is 1. The van der Waals surface area contributed by atoms with Gasteiger partial charge in [-0.1, -0.05) is 24.8 Å². The molecular weight excluding hydrogens is 474 g/mol. The number of aliphatic imine (C=N–C) groups is 1. The Morgan fingerprint density at radius 3 is 2.60 bits per heavy atom. The highest BCUT2D eigenvalue weighted by Crippen LogP contribution is 2.38. The van der Waals surface area contributed by atoms with Gasteiger partial charge in [-0.25, -0.2) is 27.2 Å². The van der Waals surface area contributed by atoms with Crippen molar-refractivity contribution in [2.75, 3.05) is 5.75 Å². The van der Waals surface area contributed by atoms with E-state index in [2.05, 4.69) is 26.8 Å². The summed E-state index contributed by atoms with van der Waals surface area (Å²) in [5.74, 6) is 4.07. The lowest BCUT2D eigenvalue weighted by Crippen LogP contribution is -2.55. The van der Waals surface area contributed by atoms with Crippen LogP contribution in [-0.4, -0.2) is 40.8 Å². The second-order valence-electron chi connectivity index (χ2n) is 8.95. The Hall–Kier alpha value is -3.32. The SMILES string of the molecule is CCC#C[C@H](C)Oc1cnc(/C(F)=C/c2ccc(F)c([C@]3(C)CS(=O)(=O)C(C)(C)C(N)=N3)c2)cn1. The van der Waals surface area contributed by atoms with Gasteiger partial charge >= 0.3 is 0 Å². The summed E-state index contributed by atoms with van der Waals surface area (Å²) in [6.45, 7) is 8.10. The first kappa shape index (κ1) is 26.3. The number of nitrogens with zero attached hydrogens (tertiary/aromatic N) is 3. The van der Waals surface area contributed by atoms with E-state index >= 15 is 0 Å². The van der Waals surface area contributed by atoms with Gasteiger partial charge in [0, 0.05) is 12.0 Å². The predicted octanol–water partition coefficient (Wildman–Crippen LogP) is 4.04. The lowest BCUT2D eigenvalue weighted by Gasteiger charge is -2.38. The van der Waals surface area contributed by atoms with Crippen molar-refractivity contribution < 1.29 is 21.9 Å². The molecule has 1 aromatic carbocycles. The van der Waals surface area contributed by atoms with E-state index in [1.165, 1.54) is 45.3 Å². The van der Waals surface area contributed by atoms with Crippen molar-refractivity contribution in [2.24, 2.45) is 10.7 Å². The molecule has 0 unspecified atom stereocenters. The summed E-state index contributed by atoms with van der Waals surface area (Å²) in [5, 5.41) is 0. The lowest BCUT2D eigenvalue weighted by molar-refractivity contribution is 0.266. The third-order valence-corrected chi connectivity index (χ3v) is 8.46. The summed E-state index contributed by atoms with van der Waals surface area (Å²) in [6, 6.07) is 3.87. The van der Waals surface area contributed by atoms with Crippen LogP contribution in [0.15, 0.2) is 35.6 Å². The summed E-state index contributed by atoms with van der Waals surface area (Å²) < 4.78 is 59.5. The van der Waals surface area contributed by atoms with E-state index in [1.54, 1.807) is 6.92 Å². The largest absolute Gasteiger partial charge is 0.460 e. The van der Waals surface area contributed by atoms with Crippen molar-refractivity contribution in [2.45, 2.75) is 57.4 Å². The topological polar surface area (TPSA) is 108 Å². The molecule has 0 spiro atoms. The minimum absolute atomic E-state index is 0.00177. The zero-order chi connectivity index (χ0) is 26.0. The van der Waals surface area contributed by atoms with Crippen molar-refractivity contribution in [3.8, 4) is 17.7 Å². The molecular formula is C25H28F2N4O3S. The van der Waals surface area contributed by atoms with Crippen molar-refractivity contribution in [1.82, 2.24) is 9.97 Å². The Kier molecular flexibility index (Phi) is 7.31. The summed E-state index contributed by atoms with van der Waals surface area (Å²) in [4.78, 5) is 12.4. The van der Waals surface area contributed by atoms with Crippen molar-refractivity contribution in [3.63, 3.8) is 0 Å². The zero-order valence-electron chi connectivity index (χ0n) is 20.3. The number of hydrogen-bond acceptors (Lipinski definition) is 7. The third-order valence-electron chi connectivity index (χ3n) is 5.75. The molecule has 35 heavy (non-hydrogen) atoms. The highest BCUT2D eigenvalue weighted by atomic mass is 32.2. The van der Waals surface area contributed by atoms with Gasteiger partial charge in [0.25, 0.3) is 0 Å². The van der Waals surface area contributed by atoms with Crippen LogP contribution in [0, 0.1) is 17.7 Å². The summed E-state index contributed by atoms with van der Waals surface area (Å²) in [5.41, 5.74) is 4.74. The first-order chi connectivity index (χ1) is 16.3. The van der Waals surface area contributed by atoms with Gasteiger partial charge in [-0.05, 0) is 51.5 Å². The van der Waals surface area contributed by atoms with E-state index in [0.717, 1.165) is 12.1 Å². The van der Waals surface area contributed by atoms with Gasteiger partial charge in [0.15, 0.2) is 21.8 Å². The fraction of sp³-hybridized carbons (Fsp3) is 0.400. The van der Waals surface area contributed by atoms with Crippen LogP contribution in [0.3, 0.4) is 0 Å². The molecule has 0 bridgehead atoms. The first-order valence-electron chi connectivity index (χ1n) is 11.0. The van der Waals surface area contributed by atoms with Crippen LogP contribution < -0.4 is 10.5 Å². The highest BCUT2D eigenvalue weighted by molar-refractivity contribution is 7.93. The maximum atomic E-state index is 14.9. The monoisotopic (exact) mass is 502 g/mol. The molecule has 1 aliphatic heterocycles. The predicted molar refractivity (Wildman–Crippen MR) is 132 cm³/mol. The van der Waals surface area contributed by atoms with Crippen LogP contribution in [0.1, 0.15) is 57.9 Å². The van der Waals surface area contributed by atoms with E-state index in [4.69, 9.17) is 10.5 Å². The van der Waals surface area contributed by atoms with Crippen LogP contribution in [0.4, 0.5) is 8.78 Å². The van der Waals surface area contributed by atoms with E-state index < -0.39 is 37.5 Å². The smallest absolute Gasteiger partial charge is 0.233 e. The first-order valence-corrected chi connectivity index (χ1v) is 12.7. The quantitative estimate of drug-likeness (QED) is 0.619. The average Bonchev–Trinajstić information content (AvgIpc) is 2.78. The molecule has 1 aromatic heterocycles. The molecule has 1 aliphatic rings. The number of benzene rings is 1. The van der Waals surface area contributed by atoms with Crippen LogP contribution in [0.5, 0.6) is 5.88 Å². The summed E-state index contributed by atoms with van der Waals surface area (Å²) in [6.07, 6.45) is 3.97. The Balaban J connectivity index is 1.90. The van der Waals surface area contributed by atoms with E-state index in [9.17, 15) is 17.2 Å². The molecule has 7 nitrogen and oxygen atoms in total. The van der Waals surface area contributed by atoms with Crippen LogP contribution in [0.2, 0.25) is 0 Å². The van der Waals surface area contributed by atoms with Crippen molar-refractivity contribution in [1.29, 1.82) is 0 Å². The Bertz CT molecular complexity index is 1340. The molecule has 0 saturated carbocycles. The highest BCUT2D eigenvalue weighted by Gasteiger charge is 2.49. The molecule has 0 amide bonds. The molecule has 3 rings (SSSR count). The molecule has 2 heterocycles. The minimum atomic E-state index is -3.73. The van der Waals surface area contributed by atoms with Gasteiger partial charge in [-0.2, -0.15) is 0 Å². The van der Waals surface area contributed by atoms with Crippen LogP contribution >= 0.6 is 0 Å². The summed E-state index contributed by atoms with van der Waals surface area (Å²) in [7, 11) is -3.73. The summed E-state index contributed by atoms with van der Waals surface area (Å²) >= 11 is 0. The second kappa shape index (κ2) is 9.74. The molecule has 0 radical (unpaired) electrons. The Morgan fingerprint density at radius 2 is 2.00 bits per heavy atom. The molecule has 10 heteroatoms. The van der Waals surface area contributed by atoms with Crippen molar-refractivity contribution >= 4 is 27.6 Å². The van der Waals surface area contributed by atoms with E-state index in [0.29, 0.717) is 12.0 Å². The number of aromatic nitrogens is 2. The fourth-order valence-electron chi connectivity index (χ4n) is 3.50. The number of sulfone groups is 1. The van der Waals surface area contributed by atoms with Gasteiger partial charge in [0.2, 0.25) is 5.88 Å². The zero-order valence-corrected chi connectivity index (χ0v) is 21.1. The Morgan fingerprint density at radius 1 is 1.29 bits per heavy atom.